The van der Waals surface area contributed by atoms with E-state index in [1.54, 1.807) is 19.3 Å². The molecule has 6 heteroatoms. The molecule has 2 saturated heterocycles. The molecule has 0 radical (unpaired) electrons. The highest BCUT2D eigenvalue weighted by atomic mass is 16.5. The second-order valence-electron chi connectivity index (χ2n) is 8.34. The van der Waals surface area contributed by atoms with Gasteiger partial charge in [0, 0.05) is 30.4 Å². The highest BCUT2D eigenvalue weighted by Gasteiger charge is 2.45. The van der Waals surface area contributed by atoms with Gasteiger partial charge in [-0.05, 0) is 47.9 Å². The van der Waals surface area contributed by atoms with Gasteiger partial charge in [-0.2, -0.15) is 9.78 Å². The molecule has 0 aliphatic carbocycles. The number of likely N-dealkylation sites (N-methyl/N-ethyl adjacent to an activating group) is 1. The van der Waals surface area contributed by atoms with Crippen molar-refractivity contribution < 1.29 is 4.65 Å². The number of hydrogen-bond acceptors (Lipinski definition) is 4. The number of hydrogen-bond donors (Lipinski definition) is 0. The monoisotopic (exact) mass is 388 g/mol. The molecule has 6 nitrogen and oxygen atoms in total. The fraction of sp³-hybridized carbons (Fsp3) is 0.304. The fourth-order valence-corrected chi connectivity index (χ4v) is 4.86. The standard InChI is InChI=1S/C23H24N4O2/c1-27(29)15-19-12-14-25(22(19)16-27)20-8-4-17(5-9-20)18-6-10-21(11-7-18)26-23(28)3-2-13-24-26/h2-11,13,19,22H,12,14-16H2,1H3/t19-,22+,27-/m1/s1. The van der Waals surface area contributed by atoms with Crippen LogP contribution in [-0.2, 0) is 0 Å². The minimum Gasteiger partial charge on any atom is -0.633 e. The highest BCUT2D eigenvalue weighted by Crippen LogP contribution is 2.37. The van der Waals surface area contributed by atoms with E-state index in [4.69, 9.17) is 0 Å². The largest absolute Gasteiger partial charge is 0.633 e. The third-order valence-corrected chi connectivity index (χ3v) is 6.24. The van der Waals surface area contributed by atoms with Crippen LogP contribution in [0.2, 0.25) is 0 Å². The van der Waals surface area contributed by atoms with E-state index < -0.39 is 0 Å². The summed E-state index contributed by atoms with van der Waals surface area (Å²) in [6.07, 6.45) is 2.71. The molecule has 0 N–H and O–H groups in total. The zero-order chi connectivity index (χ0) is 20.0. The van der Waals surface area contributed by atoms with Crippen LogP contribution in [0.3, 0.4) is 0 Å². The van der Waals surface area contributed by atoms with Crippen molar-refractivity contribution in [2.45, 2.75) is 12.5 Å². The van der Waals surface area contributed by atoms with Crippen molar-refractivity contribution in [2.24, 2.45) is 5.92 Å². The van der Waals surface area contributed by atoms with E-state index in [-0.39, 0.29) is 10.2 Å². The lowest BCUT2D eigenvalue weighted by Gasteiger charge is -2.36. The molecule has 29 heavy (non-hydrogen) atoms. The van der Waals surface area contributed by atoms with Gasteiger partial charge in [-0.3, -0.25) is 4.79 Å². The summed E-state index contributed by atoms with van der Waals surface area (Å²) in [5.74, 6) is 0.514. The molecule has 1 aromatic heterocycles. The smallest absolute Gasteiger partial charge is 0.271 e. The summed E-state index contributed by atoms with van der Waals surface area (Å²) < 4.78 is 1.27. The predicted molar refractivity (Wildman–Crippen MR) is 114 cm³/mol. The number of likely N-dealkylation sites (tertiary alicyclic amines) is 1. The Hall–Kier alpha value is -2.96. The van der Waals surface area contributed by atoms with E-state index >= 15 is 0 Å². The van der Waals surface area contributed by atoms with Crippen molar-refractivity contribution in [3.63, 3.8) is 0 Å². The van der Waals surface area contributed by atoms with Crippen LogP contribution in [0.25, 0.3) is 16.8 Å². The molecular formula is C23H24N4O2. The van der Waals surface area contributed by atoms with Gasteiger partial charge in [0.15, 0.2) is 0 Å². The molecule has 0 spiro atoms. The van der Waals surface area contributed by atoms with E-state index in [1.165, 1.54) is 16.4 Å². The van der Waals surface area contributed by atoms with Crippen molar-refractivity contribution in [3.05, 3.63) is 82.4 Å². The minimum atomic E-state index is -0.145. The lowest BCUT2D eigenvalue weighted by molar-refractivity contribution is -0.849. The summed E-state index contributed by atoms with van der Waals surface area (Å²) in [6.45, 7) is 2.45. The minimum absolute atomic E-state index is 0.115. The number of anilines is 1. The van der Waals surface area contributed by atoms with Crippen molar-refractivity contribution in [2.75, 3.05) is 31.6 Å². The second kappa shape index (κ2) is 6.83. The van der Waals surface area contributed by atoms with Gasteiger partial charge in [0.2, 0.25) is 0 Å². The normalized spacial score (nSPS) is 25.9. The maximum atomic E-state index is 12.4. The van der Waals surface area contributed by atoms with Crippen LogP contribution in [0.1, 0.15) is 6.42 Å². The van der Waals surface area contributed by atoms with Gasteiger partial charge in [0.1, 0.15) is 0 Å². The number of rotatable bonds is 3. The summed E-state index contributed by atoms with van der Waals surface area (Å²) >= 11 is 0. The van der Waals surface area contributed by atoms with E-state index in [0.29, 0.717) is 18.5 Å². The first-order chi connectivity index (χ1) is 14.0. The van der Waals surface area contributed by atoms with Gasteiger partial charge in [-0.15, -0.1) is 0 Å². The summed E-state index contributed by atoms with van der Waals surface area (Å²) in [6, 6.07) is 19.9. The number of benzene rings is 2. The van der Waals surface area contributed by atoms with Crippen LogP contribution in [0.5, 0.6) is 0 Å². The van der Waals surface area contributed by atoms with Gasteiger partial charge in [0.25, 0.3) is 5.56 Å². The molecule has 0 saturated carbocycles. The Morgan fingerprint density at radius 3 is 2.28 bits per heavy atom. The molecule has 3 atom stereocenters. The van der Waals surface area contributed by atoms with Crippen molar-refractivity contribution >= 4 is 5.69 Å². The van der Waals surface area contributed by atoms with E-state index in [2.05, 4.69) is 34.3 Å². The maximum Gasteiger partial charge on any atom is 0.271 e. The van der Waals surface area contributed by atoms with Gasteiger partial charge in [0.05, 0.1) is 31.9 Å². The third kappa shape index (κ3) is 3.34. The highest BCUT2D eigenvalue weighted by molar-refractivity contribution is 5.67. The molecule has 2 aliphatic rings. The van der Waals surface area contributed by atoms with Gasteiger partial charge in [-0.25, -0.2) is 0 Å². The molecule has 0 bridgehead atoms. The molecule has 2 aliphatic heterocycles. The Labute approximate surface area is 169 Å². The van der Waals surface area contributed by atoms with E-state index in [1.807, 2.05) is 24.3 Å². The average molecular weight is 388 g/mol. The zero-order valence-corrected chi connectivity index (χ0v) is 16.4. The van der Waals surface area contributed by atoms with Crippen molar-refractivity contribution in [1.82, 2.24) is 9.78 Å². The lowest BCUT2D eigenvalue weighted by Crippen LogP contribution is -2.40. The van der Waals surface area contributed by atoms with Gasteiger partial charge in [-0.1, -0.05) is 24.3 Å². The molecule has 5 rings (SSSR count). The maximum absolute atomic E-state index is 12.4. The van der Waals surface area contributed by atoms with Crippen LogP contribution in [-0.4, -0.2) is 47.2 Å². The average Bonchev–Trinajstić information content (AvgIpc) is 3.24. The molecular weight excluding hydrogens is 364 g/mol. The SMILES string of the molecule is C[N@@+]1([O-])C[C@H]2CCN(c3ccc(-c4ccc(-n5ncccc5=O)cc4)cc3)[C@H]2C1. The Morgan fingerprint density at radius 2 is 1.62 bits per heavy atom. The third-order valence-electron chi connectivity index (χ3n) is 6.24. The zero-order valence-electron chi connectivity index (χ0n) is 16.4. The van der Waals surface area contributed by atoms with Crippen molar-refractivity contribution in [1.29, 1.82) is 0 Å². The number of quaternary nitrogens is 1. The first kappa shape index (κ1) is 18.1. The van der Waals surface area contributed by atoms with Crippen molar-refractivity contribution in [3.8, 4) is 16.8 Å². The second-order valence-corrected chi connectivity index (χ2v) is 8.34. The lowest BCUT2D eigenvalue weighted by atomic mass is 10.0. The number of nitrogens with zero attached hydrogens (tertiary/aromatic N) is 4. The van der Waals surface area contributed by atoms with Crippen LogP contribution < -0.4 is 10.5 Å². The summed E-state index contributed by atoms with van der Waals surface area (Å²) in [4.78, 5) is 14.3. The van der Waals surface area contributed by atoms with Gasteiger partial charge < -0.3 is 14.8 Å². The number of fused-ring (bicyclic) bond motifs is 1. The molecule has 3 heterocycles. The Bertz CT molecular complexity index is 1070. The fourth-order valence-electron chi connectivity index (χ4n) is 4.86. The molecule has 0 unspecified atom stereocenters. The van der Waals surface area contributed by atoms with Gasteiger partial charge >= 0.3 is 0 Å². The van der Waals surface area contributed by atoms with Crippen LogP contribution in [0, 0.1) is 11.1 Å². The molecule has 148 valence electrons. The Balaban J connectivity index is 1.36. The molecule has 0 amide bonds. The first-order valence-corrected chi connectivity index (χ1v) is 10.1. The quantitative estimate of drug-likeness (QED) is 0.511. The molecule has 2 fully saturated rings. The Morgan fingerprint density at radius 1 is 0.966 bits per heavy atom. The van der Waals surface area contributed by atoms with Crippen LogP contribution >= 0.6 is 0 Å². The number of aromatic nitrogens is 2. The molecule has 3 aromatic rings. The number of hydroxylamine groups is 3. The predicted octanol–water partition coefficient (Wildman–Crippen LogP) is 3.05. The summed E-state index contributed by atoms with van der Waals surface area (Å²) in [5, 5.41) is 16.5. The topological polar surface area (TPSA) is 61.2 Å². The van der Waals surface area contributed by atoms with Crippen LogP contribution in [0.4, 0.5) is 5.69 Å². The van der Waals surface area contributed by atoms with E-state index in [0.717, 1.165) is 36.3 Å². The Kier molecular flexibility index (Phi) is 4.26. The summed E-state index contributed by atoms with van der Waals surface area (Å²) in [5.41, 5.74) is 4.01. The molecule has 2 aromatic carbocycles. The van der Waals surface area contributed by atoms with E-state index in [9.17, 15) is 10.0 Å². The van der Waals surface area contributed by atoms with Crippen LogP contribution in [0.15, 0.2) is 71.7 Å². The summed E-state index contributed by atoms with van der Waals surface area (Å²) in [7, 11) is 1.79. The first-order valence-electron chi connectivity index (χ1n) is 10.1.